The first-order valence-corrected chi connectivity index (χ1v) is 36.0. The molecule has 11 heteroatoms. The van der Waals surface area contributed by atoms with Gasteiger partial charge >= 0.3 is 0 Å². The number of aromatic nitrogens is 9. The summed E-state index contributed by atoms with van der Waals surface area (Å²) in [6.07, 6.45) is 0. The molecular formula is C95H67N11. The first-order chi connectivity index (χ1) is 52.1. The second-order valence-electron chi connectivity index (χ2n) is 28.6. The van der Waals surface area contributed by atoms with Crippen molar-refractivity contribution in [1.82, 2.24) is 44.0 Å². The maximum absolute atomic E-state index is 5.78. The lowest BCUT2D eigenvalue weighted by atomic mass is 9.72. The van der Waals surface area contributed by atoms with Gasteiger partial charge in [0.15, 0.2) is 23.3 Å². The second-order valence-corrected chi connectivity index (χ2v) is 28.6. The third-order valence-electron chi connectivity index (χ3n) is 21.6. The van der Waals surface area contributed by atoms with Crippen LogP contribution >= 0.6 is 0 Å². The number of para-hydroxylation sites is 4. The molecule has 0 saturated heterocycles. The molecule has 0 spiro atoms. The van der Waals surface area contributed by atoms with Gasteiger partial charge in [0.2, 0.25) is 11.9 Å². The van der Waals surface area contributed by atoms with Crippen LogP contribution in [0.15, 0.2) is 334 Å². The van der Waals surface area contributed by atoms with Crippen molar-refractivity contribution >= 4 is 77.9 Å². The molecule has 106 heavy (non-hydrogen) atoms. The van der Waals surface area contributed by atoms with Crippen LogP contribution in [-0.4, -0.2) is 44.0 Å². The summed E-state index contributed by atoms with van der Waals surface area (Å²) in [5.74, 6) is 4.34. The number of anilines is 6. The molecule has 13 aromatic carbocycles. The normalized spacial score (nSPS) is 13.4. The van der Waals surface area contributed by atoms with E-state index in [2.05, 4.69) is 307 Å². The predicted molar refractivity (Wildman–Crippen MR) is 431 cm³/mol. The van der Waals surface area contributed by atoms with E-state index in [-0.39, 0.29) is 0 Å². The molecule has 7 heterocycles. The SMILES string of the molecule is CC1(C)c2cc(-c3ccc(-c4cc(-c5ccccc5)cc(N5c6ccccc6C(C)(C)c6cc7c(cc65)c5ccccc5n7-c5nc(-c6ccccc6)nc(-c6ccccc6)n5)n4)cc3)ccc2N(c2ccccc2)c2cc3c4ccccc4n(-c4nc(-c5ccccc5)nc(-c5ccccc5)n4)c3cc21. The van der Waals surface area contributed by atoms with Gasteiger partial charge in [-0.15, -0.1) is 0 Å². The maximum atomic E-state index is 5.78. The zero-order valence-electron chi connectivity index (χ0n) is 58.7. The number of benzene rings is 13. The number of pyridine rings is 1. The van der Waals surface area contributed by atoms with Crippen LogP contribution in [0.25, 0.3) is 135 Å². The summed E-state index contributed by atoms with van der Waals surface area (Å²) >= 11 is 0. The molecule has 502 valence electrons. The summed E-state index contributed by atoms with van der Waals surface area (Å²) in [6, 6.07) is 118. The van der Waals surface area contributed by atoms with E-state index in [1.807, 2.05) is 72.8 Å². The average molecular weight is 1360 g/mol. The van der Waals surface area contributed by atoms with Gasteiger partial charge in [-0.05, 0) is 123 Å². The average Bonchev–Trinajstić information content (AvgIpc) is 1.39. The largest absolute Gasteiger partial charge is 0.310 e. The van der Waals surface area contributed by atoms with Crippen molar-refractivity contribution in [2.24, 2.45) is 0 Å². The van der Waals surface area contributed by atoms with E-state index < -0.39 is 10.8 Å². The molecule has 5 aromatic heterocycles. The van der Waals surface area contributed by atoms with E-state index in [1.165, 1.54) is 16.7 Å². The molecule has 11 nitrogen and oxygen atoms in total. The van der Waals surface area contributed by atoms with Gasteiger partial charge in [-0.3, -0.25) is 14.0 Å². The van der Waals surface area contributed by atoms with Crippen molar-refractivity contribution < 1.29 is 0 Å². The zero-order chi connectivity index (χ0) is 70.8. The third-order valence-corrected chi connectivity index (χ3v) is 21.6. The third kappa shape index (κ3) is 10.1. The molecule has 18 aromatic rings. The van der Waals surface area contributed by atoms with E-state index >= 15 is 0 Å². The monoisotopic (exact) mass is 1360 g/mol. The van der Waals surface area contributed by atoms with E-state index in [9.17, 15) is 0 Å². The predicted octanol–water partition coefficient (Wildman–Crippen LogP) is 23.5. The van der Waals surface area contributed by atoms with Crippen LogP contribution in [-0.2, 0) is 10.8 Å². The maximum Gasteiger partial charge on any atom is 0.238 e. The van der Waals surface area contributed by atoms with Crippen molar-refractivity contribution in [3.05, 3.63) is 356 Å². The molecule has 0 aliphatic carbocycles. The van der Waals surface area contributed by atoms with Gasteiger partial charge in [-0.2, -0.15) is 19.9 Å². The van der Waals surface area contributed by atoms with Crippen LogP contribution < -0.4 is 9.80 Å². The van der Waals surface area contributed by atoms with Crippen LogP contribution in [0.5, 0.6) is 0 Å². The van der Waals surface area contributed by atoms with Crippen LogP contribution in [0.1, 0.15) is 49.9 Å². The highest BCUT2D eigenvalue weighted by Crippen LogP contribution is 2.57. The topological polar surface area (TPSA) is 107 Å². The zero-order valence-corrected chi connectivity index (χ0v) is 58.7. The van der Waals surface area contributed by atoms with E-state index in [0.717, 1.165) is 139 Å². The second kappa shape index (κ2) is 24.5. The number of nitrogens with zero attached hydrogens (tertiary/aromatic N) is 11. The lowest BCUT2D eigenvalue weighted by molar-refractivity contribution is 0.632. The molecule has 2 aliphatic rings. The number of rotatable bonds is 11. The number of hydrogen-bond donors (Lipinski definition) is 0. The molecule has 20 rings (SSSR count). The first kappa shape index (κ1) is 62.0. The minimum Gasteiger partial charge on any atom is -0.310 e. The summed E-state index contributed by atoms with van der Waals surface area (Å²) in [7, 11) is 0. The lowest BCUT2D eigenvalue weighted by Crippen LogP contribution is -2.31. The fourth-order valence-electron chi connectivity index (χ4n) is 16.3. The summed E-state index contributed by atoms with van der Waals surface area (Å²) < 4.78 is 4.47. The standard InChI is InChI=1S/C95H67N11/c1-94(2)74-43-25-28-46-81(74)104(86-57-73-71-42-24-27-45-80(71)106(84(73)59-77(86)94)93-101-90(65-35-17-8-18-36-65)98-91(102-93)66-37-19-9-20-38-66)87-55-68(60-29-11-5-12-30-60)54-78(96-87)62-49-47-61(48-50-62)67-51-52-82-75(53-67)95(3,4)76-58-83-72(56-85(76)103(82)69-39-21-10-22-40-69)70-41-23-26-44-79(70)105(83)92-99-88(63-31-13-6-14-32-63)97-89(100-92)64-33-15-7-16-34-64/h5-59H,1-4H3. The van der Waals surface area contributed by atoms with Crippen LogP contribution in [0, 0.1) is 0 Å². The van der Waals surface area contributed by atoms with Gasteiger partial charge in [-0.25, -0.2) is 15.0 Å². The summed E-state index contributed by atoms with van der Waals surface area (Å²) in [5.41, 5.74) is 23.2. The van der Waals surface area contributed by atoms with Gasteiger partial charge in [0.1, 0.15) is 5.82 Å². The van der Waals surface area contributed by atoms with Gasteiger partial charge in [0.05, 0.1) is 50.5 Å². The molecule has 0 saturated carbocycles. The molecule has 0 unspecified atom stereocenters. The Morgan fingerprint density at radius 3 is 1.10 bits per heavy atom. The van der Waals surface area contributed by atoms with Crippen molar-refractivity contribution in [1.29, 1.82) is 0 Å². The van der Waals surface area contributed by atoms with Gasteiger partial charge < -0.3 is 4.90 Å². The van der Waals surface area contributed by atoms with Gasteiger partial charge in [-0.1, -0.05) is 282 Å². The molecule has 0 radical (unpaired) electrons. The minimum absolute atomic E-state index is 0.447. The van der Waals surface area contributed by atoms with Crippen molar-refractivity contribution in [3.63, 3.8) is 0 Å². The Hall–Kier alpha value is -13.8. The molecule has 0 amide bonds. The summed E-state index contributed by atoms with van der Waals surface area (Å²) in [6.45, 7) is 9.42. The minimum atomic E-state index is -0.486. The van der Waals surface area contributed by atoms with E-state index in [0.29, 0.717) is 35.2 Å². The molecule has 0 N–H and O–H groups in total. The van der Waals surface area contributed by atoms with Crippen molar-refractivity contribution in [2.75, 3.05) is 9.80 Å². The Morgan fingerprint density at radius 1 is 0.226 bits per heavy atom. The number of fused-ring (bicyclic) bond motifs is 10. The number of hydrogen-bond acceptors (Lipinski definition) is 9. The Kier molecular flexibility index (Phi) is 14.3. The molecular weight excluding hydrogens is 1300 g/mol. The van der Waals surface area contributed by atoms with Gasteiger partial charge in [0.25, 0.3) is 0 Å². The van der Waals surface area contributed by atoms with Crippen molar-refractivity contribution in [3.8, 4) is 91.0 Å². The first-order valence-electron chi connectivity index (χ1n) is 36.0. The summed E-state index contributed by atoms with van der Waals surface area (Å²) in [4.78, 5) is 42.1. The van der Waals surface area contributed by atoms with Crippen LogP contribution in [0.3, 0.4) is 0 Å². The van der Waals surface area contributed by atoms with Gasteiger partial charge in [0, 0.05) is 65.9 Å². The Bertz CT molecular complexity index is 6380. The van der Waals surface area contributed by atoms with Crippen LogP contribution in [0.2, 0.25) is 0 Å². The quantitative estimate of drug-likeness (QED) is 0.125. The van der Waals surface area contributed by atoms with Crippen molar-refractivity contribution in [2.45, 2.75) is 38.5 Å². The van der Waals surface area contributed by atoms with E-state index in [1.54, 1.807) is 0 Å². The molecule has 0 atom stereocenters. The molecule has 2 aliphatic heterocycles. The highest BCUT2D eigenvalue weighted by Gasteiger charge is 2.41. The fraction of sp³-hybridized carbons (Fsp3) is 0.0632. The van der Waals surface area contributed by atoms with Crippen LogP contribution in [0.4, 0.5) is 34.3 Å². The molecule has 0 bridgehead atoms. The highest BCUT2D eigenvalue weighted by molar-refractivity contribution is 6.13. The molecule has 0 fully saturated rings. The Labute approximate surface area is 613 Å². The Balaban J connectivity index is 0.715. The summed E-state index contributed by atoms with van der Waals surface area (Å²) in [5, 5.41) is 4.37. The Morgan fingerprint density at radius 2 is 0.604 bits per heavy atom. The lowest BCUT2D eigenvalue weighted by Gasteiger charge is -2.42. The highest BCUT2D eigenvalue weighted by atomic mass is 15.2. The fourth-order valence-corrected chi connectivity index (χ4v) is 16.3. The van der Waals surface area contributed by atoms with E-state index in [4.69, 9.17) is 34.9 Å². The smallest absolute Gasteiger partial charge is 0.238 e.